The highest BCUT2D eigenvalue weighted by atomic mass is 19.1. The topological polar surface area (TPSA) is 49.9 Å². The minimum absolute atomic E-state index is 0.0573. The Morgan fingerprint density at radius 1 is 0.935 bits per heavy atom. The molecule has 6 heteroatoms. The van der Waals surface area contributed by atoms with Crippen molar-refractivity contribution in [3.8, 4) is 5.75 Å². The van der Waals surface area contributed by atoms with E-state index in [4.69, 9.17) is 4.74 Å². The van der Waals surface area contributed by atoms with Crippen molar-refractivity contribution in [1.82, 2.24) is 9.80 Å². The van der Waals surface area contributed by atoms with Crippen LogP contribution in [0.25, 0.3) is 5.57 Å². The molecule has 0 spiro atoms. The third-order valence-electron chi connectivity index (χ3n) is 5.62. The van der Waals surface area contributed by atoms with Crippen molar-refractivity contribution in [1.29, 1.82) is 0 Å². The van der Waals surface area contributed by atoms with Gasteiger partial charge >= 0.3 is 0 Å². The van der Waals surface area contributed by atoms with Crippen molar-refractivity contribution >= 4 is 17.4 Å². The van der Waals surface area contributed by atoms with Crippen LogP contribution in [-0.2, 0) is 16.0 Å². The molecule has 2 amide bonds. The molecular weight excluding hydrogens is 395 g/mol. The van der Waals surface area contributed by atoms with Gasteiger partial charge < -0.3 is 9.64 Å². The van der Waals surface area contributed by atoms with Crippen LogP contribution in [0.15, 0.2) is 54.2 Å². The SMILES string of the molecule is CC(C)Oc1ccc(C2=C(N3CCCC3)C(=O)N(CCc3ccc(F)cc3)C2=O)cc1. The van der Waals surface area contributed by atoms with Gasteiger partial charge in [0.1, 0.15) is 17.3 Å². The van der Waals surface area contributed by atoms with Gasteiger partial charge in [0.05, 0.1) is 11.7 Å². The molecule has 2 aromatic carbocycles. The number of benzene rings is 2. The summed E-state index contributed by atoms with van der Waals surface area (Å²) in [6.45, 7) is 5.73. The fourth-order valence-corrected chi connectivity index (χ4v) is 4.12. The molecule has 31 heavy (non-hydrogen) atoms. The molecule has 2 heterocycles. The van der Waals surface area contributed by atoms with Gasteiger partial charge in [0, 0.05) is 19.6 Å². The second-order valence-electron chi connectivity index (χ2n) is 8.25. The maximum Gasteiger partial charge on any atom is 0.277 e. The van der Waals surface area contributed by atoms with Crippen molar-refractivity contribution in [2.45, 2.75) is 39.2 Å². The normalized spacial score (nSPS) is 16.8. The van der Waals surface area contributed by atoms with E-state index < -0.39 is 0 Å². The molecule has 2 aliphatic rings. The number of ether oxygens (including phenoxy) is 1. The molecule has 0 aliphatic carbocycles. The van der Waals surface area contributed by atoms with Gasteiger partial charge in [-0.25, -0.2) is 4.39 Å². The zero-order valence-corrected chi connectivity index (χ0v) is 17.9. The van der Waals surface area contributed by atoms with Gasteiger partial charge in [0.2, 0.25) is 0 Å². The van der Waals surface area contributed by atoms with E-state index in [2.05, 4.69) is 0 Å². The summed E-state index contributed by atoms with van der Waals surface area (Å²) < 4.78 is 18.9. The fourth-order valence-electron chi connectivity index (χ4n) is 4.12. The molecule has 0 saturated carbocycles. The van der Waals surface area contributed by atoms with Crippen molar-refractivity contribution < 1.29 is 18.7 Å². The molecule has 5 nitrogen and oxygen atoms in total. The maximum absolute atomic E-state index is 13.4. The average Bonchev–Trinajstić information content (AvgIpc) is 3.35. The number of rotatable bonds is 7. The number of nitrogens with zero attached hydrogens (tertiary/aromatic N) is 2. The molecular formula is C25H27FN2O3. The van der Waals surface area contributed by atoms with Crippen LogP contribution in [0.4, 0.5) is 4.39 Å². The predicted molar refractivity (Wildman–Crippen MR) is 117 cm³/mol. The van der Waals surface area contributed by atoms with E-state index in [1.165, 1.54) is 17.0 Å². The first-order valence-electron chi connectivity index (χ1n) is 10.8. The number of hydrogen-bond donors (Lipinski definition) is 0. The molecule has 4 rings (SSSR count). The first-order chi connectivity index (χ1) is 14.9. The zero-order valence-electron chi connectivity index (χ0n) is 17.9. The highest BCUT2D eigenvalue weighted by Gasteiger charge is 2.41. The minimum Gasteiger partial charge on any atom is -0.491 e. The number of amides is 2. The Morgan fingerprint density at radius 3 is 2.19 bits per heavy atom. The van der Waals surface area contributed by atoms with Gasteiger partial charge in [0.15, 0.2) is 0 Å². The molecule has 0 bridgehead atoms. The second-order valence-corrected chi connectivity index (χ2v) is 8.25. The van der Waals surface area contributed by atoms with Gasteiger partial charge in [-0.3, -0.25) is 14.5 Å². The summed E-state index contributed by atoms with van der Waals surface area (Å²) >= 11 is 0. The first kappa shape index (κ1) is 21.1. The molecule has 0 radical (unpaired) electrons. The van der Waals surface area contributed by atoms with Crippen LogP contribution in [-0.4, -0.2) is 47.4 Å². The van der Waals surface area contributed by atoms with Crippen LogP contribution >= 0.6 is 0 Å². The molecule has 1 fully saturated rings. The van der Waals surface area contributed by atoms with E-state index in [9.17, 15) is 14.0 Å². The number of likely N-dealkylation sites (tertiary alicyclic amines) is 1. The Labute approximate surface area is 182 Å². The molecule has 1 saturated heterocycles. The standard InChI is InChI=1S/C25H27FN2O3/c1-17(2)31-21-11-7-19(8-12-21)22-23(27-14-3-4-15-27)25(30)28(24(22)29)16-13-18-5-9-20(26)10-6-18/h5-12,17H,3-4,13-16H2,1-2H3. The van der Waals surface area contributed by atoms with Crippen LogP contribution in [0.2, 0.25) is 0 Å². The summed E-state index contributed by atoms with van der Waals surface area (Å²) in [5.41, 5.74) is 2.57. The Bertz CT molecular complexity index is 990. The van der Waals surface area contributed by atoms with Gasteiger partial charge in [-0.05, 0) is 68.5 Å². The number of hydrogen-bond acceptors (Lipinski definition) is 4. The summed E-state index contributed by atoms with van der Waals surface area (Å²) in [7, 11) is 0. The summed E-state index contributed by atoms with van der Waals surface area (Å²) in [6, 6.07) is 13.5. The highest BCUT2D eigenvalue weighted by molar-refractivity contribution is 6.35. The largest absolute Gasteiger partial charge is 0.491 e. The van der Waals surface area contributed by atoms with Crippen molar-refractivity contribution in [3.63, 3.8) is 0 Å². The van der Waals surface area contributed by atoms with Crippen molar-refractivity contribution in [2.75, 3.05) is 19.6 Å². The maximum atomic E-state index is 13.4. The highest BCUT2D eigenvalue weighted by Crippen LogP contribution is 2.34. The molecule has 0 N–H and O–H groups in total. The minimum atomic E-state index is -0.303. The van der Waals surface area contributed by atoms with Gasteiger partial charge in [-0.2, -0.15) is 0 Å². The first-order valence-corrected chi connectivity index (χ1v) is 10.8. The molecule has 162 valence electrons. The number of halogens is 1. The summed E-state index contributed by atoms with van der Waals surface area (Å²) in [5.74, 6) is -0.0905. The Balaban J connectivity index is 1.60. The van der Waals surface area contributed by atoms with E-state index in [0.717, 1.165) is 42.8 Å². The van der Waals surface area contributed by atoms with Crippen LogP contribution in [0.3, 0.4) is 0 Å². The molecule has 0 aromatic heterocycles. The zero-order chi connectivity index (χ0) is 22.0. The van der Waals surface area contributed by atoms with Crippen molar-refractivity contribution in [2.24, 2.45) is 0 Å². The Morgan fingerprint density at radius 2 is 1.58 bits per heavy atom. The van der Waals surface area contributed by atoms with Crippen LogP contribution in [0.1, 0.15) is 37.8 Å². The predicted octanol–water partition coefficient (Wildman–Crippen LogP) is 4.03. The number of carbonyl (C=O) groups excluding carboxylic acids is 2. The third kappa shape index (κ3) is 4.48. The lowest BCUT2D eigenvalue weighted by molar-refractivity contribution is -0.137. The lowest BCUT2D eigenvalue weighted by Gasteiger charge is -2.20. The summed E-state index contributed by atoms with van der Waals surface area (Å²) in [6.07, 6.45) is 2.56. The third-order valence-corrected chi connectivity index (χ3v) is 5.62. The average molecular weight is 423 g/mol. The van der Waals surface area contributed by atoms with Gasteiger partial charge in [-0.1, -0.05) is 24.3 Å². The smallest absolute Gasteiger partial charge is 0.277 e. The van der Waals surface area contributed by atoms with Crippen molar-refractivity contribution in [3.05, 3.63) is 71.2 Å². The van der Waals surface area contributed by atoms with Crippen LogP contribution in [0.5, 0.6) is 5.75 Å². The van der Waals surface area contributed by atoms with Crippen LogP contribution < -0.4 is 4.74 Å². The van der Waals surface area contributed by atoms with Crippen LogP contribution in [0, 0.1) is 5.82 Å². The monoisotopic (exact) mass is 422 g/mol. The van der Waals surface area contributed by atoms with Gasteiger partial charge in [-0.15, -0.1) is 0 Å². The van der Waals surface area contributed by atoms with Gasteiger partial charge in [0.25, 0.3) is 11.8 Å². The van der Waals surface area contributed by atoms with E-state index in [1.54, 1.807) is 12.1 Å². The number of carbonyl (C=O) groups is 2. The van der Waals surface area contributed by atoms with E-state index in [0.29, 0.717) is 17.7 Å². The molecule has 2 aliphatic heterocycles. The summed E-state index contributed by atoms with van der Waals surface area (Å²) in [5, 5.41) is 0. The van der Waals surface area contributed by atoms with E-state index in [-0.39, 0.29) is 30.3 Å². The Kier molecular flexibility index (Phi) is 6.07. The lowest BCUT2D eigenvalue weighted by Crippen LogP contribution is -2.36. The second kappa shape index (κ2) is 8.92. The number of imide groups is 1. The molecule has 0 atom stereocenters. The summed E-state index contributed by atoms with van der Waals surface area (Å²) in [4.78, 5) is 30.0. The fraction of sp³-hybridized carbons (Fsp3) is 0.360. The lowest BCUT2D eigenvalue weighted by atomic mass is 10.0. The Hall–Kier alpha value is -3.15. The quantitative estimate of drug-likeness (QED) is 0.632. The van der Waals surface area contributed by atoms with E-state index >= 15 is 0 Å². The molecule has 0 unspecified atom stereocenters. The molecule has 2 aromatic rings. The van der Waals surface area contributed by atoms with E-state index in [1.807, 2.05) is 43.0 Å².